The molecule has 1 spiro atoms. The van der Waals surface area contributed by atoms with E-state index < -0.39 is 28.8 Å². The standard InChI is InChI=1S/C28H26BrF4N5O2/c1-15-12-26(8-9-38(15)21-11-17(29)10-20(30)19(21)13-34)25(39)36-24(37-26)18-2-3-22(28(31,32)33)35-23(18)27-6-4-16(5-7-27)14-40-27/h2-3,10-11,15-16H,4-9,12,14H2,1H3,(H,36,37,39)/t15-,16?,26+,27?/m0/s1. The molecular weight excluding hydrogens is 594 g/mol. The Bertz CT molecular complexity index is 1450. The molecule has 5 heterocycles. The summed E-state index contributed by atoms with van der Waals surface area (Å²) in [6.07, 6.45) is -1.28. The first kappa shape index (κ1) is 27.1. The van der Waals surface area contributed by atoms with Gasteiger partial charge >= 0.3 is 6.18 Å². The fourth-order valence-corrected chi connectivity index (χ4v) is 7.04. The number of aromatic nitrogens is 1. The second-order valence-corrected chi connectivity index (χ2v) is 12.1. The molecule has 12 heteroatoms. The number of nitriles is 1. The Labute approximate surface area is 236 Å². The van der Waals surface area contributed by atoms with Crippen LogP contribution in [0.3, 0.4) is 0 Å². The Morgan fingerprint density at radius 1 is 1.23 bits per heavy atom. The number of carbonyl (C=O) groups is 1. The number of piperidine rings is 1. The number of halogens is 5. The Hall–Kier alpha value is -3.04. The lowest BCUT2D eigenvalue weighted by Gasteiger charge is -2.46. The third-order valence-electron chi connectivity index (χ3n) is 8.75. The van der Waals surface area contributed by atoms with Crippen molar-refractivity contribution in [3.63, 3.8) is 0 Å². The van der Waals surface area contributed by atoms with E-state index in [0.29, 0.717) is 47.6 Å². The summed E-state index contributed by atoms with van der Waals surface area (Å²) in [4.78, 5) is 24.2. The molecule has 4 fully saturated rings. The molecule has 2 aromatic rings. The largest absolute Gasteiger partial charge is 0.433 e. The highest BCUT2D eigenvalue weighted by molar-refractivity contribution is 9.10. The molecule has 7 rings (SSSR count). The minimum atomic E-state index is -4.63. The van der Waals surface area contributed by atoms with E-state index in [1.54, 1.807) is 6.07 Å². The molecule has 0 unspecified atom stereocenters. The third-order valence-corrected chi connectivity index (χ3v) is 9.21. The van der Waals surface area contributed by atoms with Crippen LogP contribution in [0.1, 0.15) is 68.0 Å². The fourth-order valence-electron chi connectivity index (χ4n) is 6.63. The highest BCUT2D eigenvalue weighted by Gasteiger charge is 2.51. The van der Waals surface area contributed by atoms with Gasteiger partial charge in [-0.1, -0.05) is 15.9 Å². The van der Waals surface area contributed by atoms with Crippen LogP contribution < -0.4 is 10.2 Å². The molecule has 1 amide bonds. The van der Waals surface area contributed by atoms with Crippen LogP contribution in [0.2, 0.25) is 0 Å². The topological polar surface area (TPSA) is 90.6 Å². The number of amides is 1. The van der Waals surface area contributed by atoms with Crippen LogP contribution in [0, 0.1) is 23.1 Å². The number of anilines is 1. The molecule has 40 heavy (non-hydrogen) atoms. The molecule has 1 saturated carbocycles. The molecule has 3 saturated heterocycles. The summed E-state index contributed by atoms with van der Waals surface area (Å²) in [7, 11) is 0. The SMILES string of the molecule is C[C@H]1C[C@@]2(CCN1c1cc(Br)cc(F)c1C#N)N=C(c1ccc(C(F)(F)F)nc1C13CCC(CC1)CO3)NC2=O. The Morgan fingerprint density at radius 2 is 1.98 bits per heavy atom. The molecule has 2 atom stereocenters. The fraction of sp³-hybridized carbons (Fsp3) is 0.500. The molecule has 1 aromatic heterocycles. The number of pyridine rings is 1. The van der Waals surface area contributed by atoms with E-state index in [9.17, 15) is 27.6 Å². The number of fused-ring (bicyclic) bond motifs is 3. The van der Waals surface area contributed by atoms with Gasteiger partial charge in [0.15, 0.2) is 0 Å². The van der Waals surface area contributed by atoms with Crippen molar-refractivity contribution in [2.45, 2.75) is 68.8 Å². The van der Waals surface area contributed by atoms with E-state index in [2.05, 4.69) is 26.2 Å². The highest BCUT2D eigenvalue weighted by atomic mass is 79.9. The number of alkyl halides is 3. The number of aliphatic imine (C=N–C) groups is 1. The van der Waals surface area contributed by atoms with Crippen molar-refractivity contribution < 1.29 is 27.1 Å². The first-order valence-electron chi connectivity index (χ1n) is 13.2. The number of hydrogen-bond donors (Lipinski definition) is 1. The summed E-state index contributed by atoms with van der Waals surface area (Å²) in [6, 6.07) is 6.81. The summed E-state index contributed by atoms with van der Waals surface area (Å²) in [6.45, 7) is 2.66. The van der Waals surface area contributed by atoms with E-state index in [1.165, 1.54) is 12.1 Å². The van der Waals surface area contributed by atoms with Gasteiger partial charge in [0, 0.05) is 29.0 Å². The maximum Gasteiger partial charge on any atom is 0.433 e. The second kappa shape index (κ2) is 9.52. The Balaban J connectivity index is 1.36. The number of carbonyl (C=O) groups excluding carboxylic acids is 1. The maximum atomic E-state index is 14.5. The molecular formula is C28H26BrF4N5O2. The average Bonchev–Trinajstić information content (AvgIpc) is 3.23. The van der Waals surface area contributed by atoms with E-state index in [1.807, 2.05) is 17.9 Å². The zero-order chi connectivity index (χ0) is 28.4. The predicted molar refractivity (Wildman–Crippen MR) is 141 cm³/mol. The monoisotopic (exact) mass is 619 g/mol. The lowest BCUT2D eigenvalue weighted by atomic mass is 9.73. The molecule has 1 aliphatic carbocycles. The lowest BCUT2D eigenvalue weighted by molar-refractivity contribution is -0.156. The van der Waals surface area contributed by atoms with E-state index >= 15 is 0 Å². The van der Waals surface area contributed by atoms with Crippen molar-refractivity contribution >= 4 is 33.4 Å². The van der Waals surface area contributed by atoms with Gasteiger partial charge in [-0.15, -0.1) is 0 Å². The molecule has 2 bridgehead atoms. The van der Waals surface area contributed by atoms with Gasteiger partial charge < -0.3 is 15.0 Å². The van der Waals surface area contributed by atoms with Crippen molar-refractivity contribution in [3.8, 4) is 6.07 Å². The molecule has 1 aromatic carbocycles. The third kappa shape index (κ3) is 4.38. The second-order valence-electron chi connectivity index (χ2n) is 11.2. The molecule has 7 nitrogen and oxygen atoms in total. The molecule has 4 aliphatic heterocycles. The van der Waals surface area contributed by atoms with Crippen LogP contribution in [-0.2, 0) is 21.3 Å². The van der Waals surface area contributed by atoms with Crippen LogP contribution >= 0.6 is 15.9 Å². The van der Waals surface area contributed by atoms with Crippen LogP contribution in [0.25, 0.3) is 0 Å². The van der Waals surface area contributed by atoms with Gasteiger partial charge in [-0.2, -0.15) is 18.4 Å². The predicted octanol–water partition coefficient (Wildman–Crippen LogP) is 5.59. The average molecular weight is 620 g/mol. The van der Waals surface area contributed by atoms with Gasteiger partial charge in [-0.25, -0.2) is 9.37 Å². The number of nitrogens with one attached hydrogen (secondary N) is 1. The van der Waals surface area contributed by atoms with Gasteiger partial charge in [0.2, 0.25) is 0 Å². The summed E-state index contributed by atoms with van der Waals surface area (Å²) in [5, 5.41) is 12.4. The van der Waals surface area contributed by atoms with Gasteiger partial charge in [-0.05, 0) is 69.2 Å². The number of nitrogens with zero attached hydrogens (tertiary/aromatic N) is 4. The number of ether oxygens (including phenoxy) is 1. The van der Waals surface area contributed by atoms with Crippen molar-refractivity contribution in [3.05, 3.63) is 57.1 Å². The minimum Gasteiger partial charge on any atom is -0.368 e. The number of amidine groups is 1. The van der Waals surface area contributed by atoms with E-state index in [4.69, 9.17) is 9.73 Å². The minimum absolute atomic E-state index is 0.0759. The first-order valence-corrected chi connectivity index (χ1v) is 14.0. The molecule has 1 N–H and O–H groups in total. The summed E-state index contributed by atoms with van der Waals surface area (Å²) in [5.74, 6) is -0.390. The van der Waals surface area contributed by atoms with Crippen LogP contribution in [0.5, 0.6) is 0 Å². The normalized spacial score (nSPS) is 29.9. The molecule has 5 aliphatic rings. The van der Waals surface area contributed by atoms with E-state index in [0.717, 1.165) is 18.9 Å². The smallest absolute Gasteiger partial charge is 0.368 e. The lowest BCUT2D eigenvalue weighted by Crippen LogP contribution is -2.53. The Morgan fingerprint density at radius 3 is 2.60 bits per heavy atom. The summed E-state index contributed by atoms with van der Waals surface area (Å²) in [5.41, 5.74) is -2.24. The summed E-state index contributed by atoms with van der Waals surface area (Å²) >= 11 is 3.29. The van der Waals surface area contributed by atoms with Gasteiger partial charge in [0.05, 0.1) is 18.0 Å². The Kier molecular flexibility index (Phi) is 6.46. The van der Waals surface area contributed by atoms with Crippen molar-refractivity contribution in [1.82, 2.24) is 10.3 Å². The first-order chi connectivity index (χ1) is 18.9. The molecule has 0 radical (unpaired) electrons. The van der Waals surface area contributed by atoms with E-state index in [-0.39, 0.29) is 41.9 Å². The van der Waals surface area contributed by atoms with Crippen LogP contribution in [0.4, 0.5) is 23.2 Å². The van der Waals surface area contributed by atoms with Crippen molar-refractivity contribution in [2.75, 3.05) is 18.1 Å². The summed E-state index contributed by atoms with van der Waals surface area (Å²) < 4.78 is 62.2. The highest BCUT2D eigenvalue weighted by Crippen LogP contribution is 2.49. The van der Waals surface area contributed by atoms with Crippen molar-refractivity contribution in [1.29, 1.82) is 5.26 Å². The quantitative estimate of drug-likeness (QED) is 0.452. The van der Waals surface area contributed by atoms with Gasteiger partial charge in [-0.3, -0.25) is 9.79 Å². The molecule has 210 valence electrons. The zero-order valence-electron chi connectivity index (χ0n) is 21.6. The zero-order valence-corrected chi connectivity index (χ0v) is 23.2. The maximum absolute atomic E-state index is 14.5. The van der Waals surface area contributed by atoms with Crippen LogP contribution in [0.15, 0.2) is 33.7 Å². The number of benzene rings is 1. The van der Waals surface area contributed by atoms with Crippen LogP contribution in [-0.4, -0.2) is 41.5 Å². The number of rotatable bonds is 3. The van der Waals surface area contributed by atoms with Gasteiger partial charge in [0.1, 0.15) is 40.1 Å². The number of hydrogen-bond acceptors (Lipinski definition) is 6. The van der Waals surface area contributed by atoms with Gasteiger partial charge in [0.25, 0.3) is 5.91 Å². The van der Waals surface area contributed by atoms with Crippen molar-refractivity contribution in [2.24, 2.45) is 10.9 Å².